The first-order valence-electron chi connectivity index (χ1n) is 8.12. The van der Waals surface area contributed by atoms with Gasteiger partial charge in [0.25, 0.3) is 0 Å². The van der Waals surface area contributed by atoms with E-state index >= 15 is 0 Å². The highest BCUT2D eigenvalue weighted by atomic mass is 32.2. The summed E-state index contributed by atoms with van der Waals surface area (Å²) in [6, 6.07) is 0. The van der Waals surface area contributed by atoms with Crippen LogP contribution < -0.4 is 5.43 Å². The minimum Gasteiger partial charge on any atom is -0.462 e. The first kappa shape index (κ1) is 19.2. The first-order chi connectivity index (χ1) is 11.7. The van der Waals surface area contributed by atoms with Crippen molar-refractivity contribution in [1.82, 2.24) is 10.4 Å². The normalized spacial score (nSPS) is 19.2. The topological polar surface area (TPSA) is 118 Å². The summed E-state index contributed by atoms with van der Waals surface area (Å²) >= 11 is 0. The van der Waals surface area contributed by atoms with Crippen LogP contribution in [0.1, 0.15) is 47.1 Å². The van der Waals surface area contributed by atoms with Crippen LogP contribution >= 0.6 is 0 Å². The molecule has 1 aliphatic heterocycles. The summed E-state index contributed by atoms with van der Waals surface area (Å²) in [6.07, 6.45) is 2.07. The molecule has 1 fully saturated rings. The van der Waals surface area contributed by atoms with Crippen molar-refractivity contribution >= 4 is 27.9 Å². The molecule has 8 nitrogen and oxygen atoms in total. The predicted molar refractivity (Wildman–Crippen MR) is 93.3 cm³/mol. The number of amides is 1. The summed E-state index contributed by atoms with van der Waals surface area (Å²) in [5, 5.41) is 3.88. The molecule has 2 heterocycles. The third-order valence-electron chi connectivity index (χ3n) is 4.14. The zero-order valence-electron chi connectivity index (χ0n) is 14.6. The summed E-state index contributed by atoms with van der Waals surface area (Å²) in [7, 11) is -2.99. The van der Waals surface area contributed by atoms with E-state index in [2.05, 4.69) is 15.5 Å². The standard InChI is InChI=1S/C16H23N3O5S/c1-4-24-16(21)15-10(2)13(18-11(15)3)8-17-19-14(20)7-12-5-6-25(22,23)9-12/h8,12,18H,4-7,9H2,1-3H3,(H,19,20)/b17-8+/t12-/m0/s1. The molecule has 2 rings (SSSR count). The lowest BCUT2D eigenvalue weighted by Gasteiger charge is -2.05. The quantitative estimate of drug-likeness (QED) is 0.442. The molecule has 1 aliphatic rings. The van der Waals surface area contributed by atoms with Gasteiger partial charge in [-0.1, -0.05) is 0 Å². The van der Waals surface area contributed by atoms with Gasteiger partial charge in [0.1, 0.15) is 0 Å². The fourth-order valence-corrected chi connectivity index (χ4v) is 4.78. The molecular weight excluding hydrogens is 346 g/mol. The first-order valence-corrected chi connectivity index (χ1v) is 9.94. The van der Waals surface area contributed by atoms with Crippen LogP contribution in [0.15, 0.2) is 5.10 Å². The molecule has 25 heavy (non-hydrogen) atoms. The van der Waals surface area contributed by atoms with Gasteiger partial charge in [0.05, 0.1) is 35.6 Å². The highest BCUT2D eigenvalue weighted by Crippen LogP contribution is 2.21. The van der Waals surface area contributed by atoms with Gasteiger partial charge in [0.15, 0.2) is 9.84 Å². The Morgan fingerprint density at radius 3 is 2.72 bits per heavy atom. The van der Waals surface area contributed by atoms with Crippen LogP contribution in [0.5, 0.6) is 0 Å². The molecule has 1 amide bonds. The van der Waals surface area contributed by atoms with E-state index < -0.39 is 15.8 Å². The van der Waals surface area contributed by atoms with Crippen molar-refractivity contribution in [2.24, 2.45) is 11.0 Å². The van der Waals surface area contributed by atoms with Crippen LogP contribution in [0.25, 0.3) is 0 Å². The van der Waals surface area contributed by atoms with Crippen molar-refractivity contribution in [1.29, 1.82) is 0 Å². The third kappa shape index (κ3) is 4.91. The van der Waals surface area contributed by atoms with Crippen molar-refractivity contribution < 1.29 is 22.7 Å². The number of esters is 1. The Balaban J connectivity index is 1.95. The molecular formula is C16H23N3O5S. The largest absolute Gasteiger partial charge is 0.462 e. The molecule has 0 saturated carbocycles. The van der Waals surface area contributed by atoms with Gasteiger partial charge in [0.2, 0.25) is 5.91 Å². The van der Waals surface area contributed by atoms with Crippen LogP contribution in [-0.2, 0) is 19.4 Å². The minimum absolute atomic E-state index is 0.0575. The van der Waals surface area contributed by atoms with Gasteiger partial charge < -0.3 is 9.72 Å². The van der Waals surface area contributed by atoms with Gasteiger partial charge in [-0.3, -0.25) is 4.79 Å². The Bertz CT molecular complexity index is 795. The molecule has 0 radical (unpaired) electrons. The van der Waals surface area contributed by atoms with Crippen LogP contribution in [0.3, 0.4) is 0 Å². The van der Waals surface area contributed by atoms with Crippen molar-refractivity contribution in [3.05, 3.63) is 22.5 Å². The highest BCUT2D eigenvalue weighted by Gasteiger charge is 2.29. The van der Waals surface area contributed by atoms with Gasteiger partial charge in [0, 0.05) is 12.1 Å². The summed E-state index contributed by atoms with van der Waals surface area (Å²) in [4.78, 5) is 26.8. The molecule has 1 aromatic rings. The molecule has 0 unspecified atom stereocenters. The lowest BCUT2D eigenvalue weighted by molar-refractivity contribution is -0.121. The smallest absolute Gasteiger partial charge is 0.340 e. The fraction of sp³-hybridized carbons (Fsp3) is 0.562. The number of nitrogens with one attached hydrogen (secondary N) is 2. The summed E-state index contributed by atoms with van der Waals surface area (Å²) < 4.78 is 27.8. The molecule has 0 spiro atoms. The van der Waals surface area contributed by atoms with E-state index in [1.807, 2.05) is 0 Å². The SMILES string of the molecule is CCOC(=O)c1c(C)[nH]c(/C=N/NC(=O)C[C@@H]2CCS(=O)(=O)C2)c1C. The van der Waals surface area contributed by atoms with E-state index in [9.17, 15) is 18.0 Å². The second-order valence-corrected chi connectivity index (χ2v) is 8.38. The average molecular weight is 369 g/mol. The van der Waals surface area contributed by atoms with E-state index in [-0.39, 0.29) is 29.8 Å². The van der Waals surface area contributed by atoms with Gasteiger partial charge in [-0.15, -0.1) is 0 Å². The lowest BCUT2D eigenvalue weighted by Crippen LogP contribution is -2.21. The average Bonchev–Trinajstić information content (AvgIpc) is 2.98. The second-order valence-electron chi connectivity index (χ2n) is 6.15. The highest BCUT2D eigenvalue weighted by molar-refractivity contribution is 7.91. The van der Waals surface area contributed by atoms with E-state index in [1.165, 1.54) is 6.21 Å². The maximum Gasteiger partial charge on any atom is 0.340 e. The number of carbonyl (C=O) groups excluding carboxylic acids is 2. The van der Waals surface area contributed by atoms with E-state index in [4.69, 9.17) is 4.74 Å². The predicted octanol–water partition coefficient (Wildman–Crippen LogP) is 1.08. The van der Waals surface area contributed by atoms with E-state index in [0.717, 1.165) is 0 Å². The number of hydrogen-bond acceptors (Lipinski definition) is 6. The zero-order chi connectivity index (χ0) is 18.6. The molecule has 1 atom stereocenters. The molecule has 138 valence electrons. The molecule has 0 bridgehead atoms. The number of H-pyrrole nitrogens is 1. The van der Waals surface area contributed by atoms with Gasteiger partial charge in [-0.25, -0.2) is 18.6 Å². The number of carbonyl (C=O) groups is 2. The number of aromatic nitrogens is 1. The maximum atomic E-state index is 11.9. The van der Waals surface area contributed by atoms with Gasteiger partial charge in [-0.05, 0) is 38.7 Å². The van der Waals surface area contributed by atoms with Crippen molar-refractivity contribution in [3.8, 4) is 0 Å². The molecule has 0 aromatic carbocycles. The van der Waals surface area contributed by atoms with Crippen molar-refractivity contribution in [2.75, 3.05) is 18.1 Å². The Kier molecular flexibility index (Phi) is 5.99. The Morgan fingerprint density at radius 1 is 1.40 bits per heavy atom. The third-order valence-corrected chi connectivity index (χ3v) is 5.98. The molecule has 1 saturated heterocycles. The number of aryl methyl sites for hydroxylation is 1. The molecule has 2 N–H and O–H groups in total. The van der Waals surface area contributed by atoms with E-state index in [1.54, 1.807) is 20.8 Å². The molecule has 0 aliphatic carbocycles. The number of sulfone groups is 1. The second kappa shape index (κ2) is 7.81. The Hall–Kier alpha value is -2.16. The summed E-state index contributed by atoms with van der Waals surface area (Å²) in [5.41, 5.74) is 4.82. The van der Waals surface area contributed by atoms with Crippen LogP contribution in [0.4, 0.5) is 0 Å². The number of nitrogens with zero attached hydrogens (tertiary/aromatic N) is 1. The molecule has 1 aromatic heterocycles. The monoisotopic (exact) mass is 369 g/mol. The fourth-order valence-electron chi connectivity index (χ4n) is 2.92. The van der Waals surface area contributed by atoms with Crippen LogP contribution in [0, 0.1) is 19.8 Å². The Morgan fingerprint density at radius 2 is 2.12 bits per heavy atom. The van der Waals surface area contributed by atoms with Gasteiger partial charge in [-0.2, -0.15) is 5.10 Å². The van der Waals surface area contributed by atoms with Crippen molar-refractivity contribution in [2.45, 2.75) is 33.6 Å². The summed E-state index contributed by atoms with van der Waals surface area (Å²) in [6.45, 7) is 5.56. The number of aromatic amines is 1. The Labute approximate surface area is 146 Å². The lowest BCUT2D eigenvalue weighted by atomic mass is 10.1. The van der Waals surface area contributed by atoms with Crippen LogP contribution in [-0.4, -0.2) is 49.6 Å². The van der Waals surface area contributed by atoms with E-state index in [0.29, 0.717) is 35.5 Å². The number of ether oxygens (including phenoxy) is 1. The molecule has 9 heteroatoms. The minimum atomic E-state index is -2.99. The van der Waals surface area contributed by atoms with Gasteiger partial charge >= 0.3 is 5.97 Å². The van der Waals surface area contributed by atoms with Crippen molar-refractivity contribution in [3.63, 3.8) is 0 Å². The zero-order valence-corrected chi connectivity index (χ0v) is 15.4. The van der Waals surface area contributed by atoms with Crippen LogP contribution in [0.2, 0.25) is 0 Å². The summed E-state index contributed by atoms with van der Waals surface area (Å²) in [5.74, 6) is -0.678. The number of rotatable bonds is 6. The number of hydrogen-bond donors (Lipinski definition) is 2. The number of hydrazone groups is 1. The maximum absolute atomic E-state index is 11.9.